The lowest BCUT2D eigenvalue weighted by molar-refractivity contribution is -0.148. The second kappa shape index (κ2) is 10.3. The van der Waals surface area contributed by atoms with E-state index in [1.807, 2.05) is 11.0 Å². The third-order valence-electron chi connectivity index (χ3n) is 6.20. The molecule has 2 atom stereocenters. The molecule has 1 aliphatic carbocycles. The predicted molar refractivity (Wildman–Crippen MR) is 121 cm³/mol. The maximum Gasteiger partial charge on any atom is 0.406 e. The molecule has 2 N–H and O–H groups in total. The van der Waals surface area contributed by atoms with Crippen LogP contribution < -0.4 is 10.6 Å². The number of aromatic nitrogens is 1. The van der Waals surface area contributed by atoms with Crippen molar-refractivity contribution in [1.29, 1.82) is 0 Å². The first-order valence-electron chi connectivity index (χ1n) is 11.4. The van der Waals surface area contributed by atoms with Crippen LogP contribution in [0.5, 0.6) is 0 Å². The van der Waals surface area contributed by atoms with E-state index < -0.39 is 12.2 Å². The normalized spacial score (nSPS) is 19.4. The number of benzene rings is 1. The van der Waals surface area contributed by atoms with Gasteiger partial charge in [-0.1, -0.05) is 12.1 Å². The molecule has 8 nitrogen and oxygen atoms in total. The Balaban J connectivity index is 1.56. The standard InChI is InChI=1S/C24H32N4O4/c1-16(28(19-7-8-19)23(29)22-15-25-11-12-32-22)18-13-17(5-3-10-27-24(30)31-2)20-6-4-9-26-21(20)14-18/h4,6,9,13-14,16,19,22,25H,3,5,7-8,10-12,15H2,1-2H3,(H,27,30)/t16-,22-/m1/s1. The highest BCUT2D eigenvalue weighted by molar-refractivity contribution is 5.84. The van der Waals surface area contributed by atoms with Gasteiger partial charge in [-0.15, -0.1) is 0 Å². The number of alkyl carbamates (subject to hydrolysis) is 1. The highest BCUT2D eigenvalue weighted by atomic mass is 16.5. The zero-order valence-corrected chi connectivity index (χ0v) is 18.8. The van der Waals surface area contributed by atoms with Gasteiger partial charge in [0.25, 0.3) is 5.91 Å². The second-order valence-corrected chi connectivity index (χ2v) is 8.49. The van der Waals surface area contributed by atoms with Gasteiger partial charge in [-0.05, 0) is 55.9 Å². The molecule has 0 unspecified atom stereocenters. The van der Waals surface area contributed by atoms with Gasteiger partial charge in [0.2, 0.25) is 0 Å². The fourth-order valence-electron chi connectivity index (χ4n) is 4.36. The van der Waals surface area contributed by atoms with E-state index in [-0.39, 0.29) is 18.0 Å². The summed E-state index contributed by atoms with van der Waals surface area (Å²) in [7, 11) is 1.36. The number of morpholine rings is 1. The van der Waals surface area contributed by atoms with E-state index in [9.17, 15) is 9.59 Å². The summed E-state index contributed by atoms with van der Waals surface area (Å²) in [6.45, 7) is 4.54. The Morgan fingerprint density at radius 3 is 2.94 bits per heavy atom. The number of hydrogen-bond donors (Lipinski definition) is 2. The first kappa shape index (κ1) is 22.5. The Labute approximate surface area is 188 Å². The van der Waals surface area contributed by atoms with Crippen LogP contribution in [0.25, 0.3) is 10.9 Å². The van der Waals surface area contributed by atoms with E-state index in [1.54, 1.807) is 6.20 Å². The number of carbonyl (C=O) groups is 2. The number of nitrogens with zero attached hydrogens (tertiary/aromatic N) is 2. The predicted octanol–water partition coefficient (Wildman–Crippen LogP) is 2.56. The summed E-state index contributed by atoms with van der Waals surface area (Å²) in [5, 5.41) is 7.10. The monoisotopic (exact) mass is 440 g/mol. The van der Waals surface area contributed by atoms with Crippen molar-refractivity contribution in [3.05, 3.63) is 41.6 Å². The minimum Gasteiger partial charge on any atom is -0.453 e. The molecule has 2 aliphatic rings. The smallest absolute Gasteiger partial charge is 0.406 e. The Bertz CT molecular complexity index is 956. The number of pyridine rings is 1. The molecular formula is C24H32N4O4. The molecular weight excluding hydrogens is 408 g/mol. The number of rotatable bonds is 8. The maximum atomic E-state index is 13.3. The topological polar surface area (TPSA) is 92.8 Å². The number of hydrogen-bond acceptors (Lipinski definition) is 6. The Morgan fingerprint density at radius 1 is 1.38 bits per heavy atom. The minimum absolute atomic E-state index is 0.0668. The molecule has 0 spiro atoms. The van der Waals surface area contributed by atoms with E-state index in [2.05, 4.69) is 45.5 Å². The van der Waals surface area contributed by atoms with Crippen LogP contribution in [0.4, 0.5) is 4.79 Å². The molecule has 32 heavy (non-hydrogen) atoms. The molecule has 2 fully saturated rings. The van der Waals surface area contributed by atoms with Crippen molar-refractivity contribution in [3.8, 4) is 0 Å². The maximum absolute atomic E-state index is 13.3. The Morgan fingerprint density at radius 2 is 2.22 bits per heavy atom. The molecule has 1 saturated carbocycles. The largest absolute Gasteiger partial charge is 0.453 e. The third-order valence-corrected chi connectivity index (χ3v) is 6.20. The van der Waals surface area contributed by atoms with Gasteiger partial charge in [0, 0.05) is 37.3 Å². The van der Waals surface area contributed by atoms with Gasteiger partial charge in [-0.2, -0.15) is 0 Å². The summed E-state index contributed by atoms with van der Waals surface area (Å²) in [6, 6.07) is 8.50. The summed E-state index contributed by atoms with van der Waals surface area (Å²) in [6.07, 6.45) is 4.60. The number of fused-ring (bicyclic) bond motifs is 1. The summed E-state index contributed by atoms with van der Waals surface area (Å²) in [5.41, 5.74) is 3.17. The highest BCUT2D eigenvalue weighted by Crippen LogP contribution is 2.36. The number of amides is 2. The molecule has 4 rings (SSSR count). The molecule has 1 aromatic carbocycles. The Kier molecular flexibility index (Phi) is 7.22. The van der Waals surface area contributed by atoms with Crippen LogP contribution in [0.15, 0.2) is 30.5 Å². The molecule has 0 radical (unpaired) electrons. The molecule has 1 saturated heterocycles. The van der Waals surface area contributed by atoms with Gasteiger partial charge >= 0.3 is 6.09 Å². The lowest BCUT2D eigenvalue weighted by Crippen LogP contribution is -2.50. The summed E-state index contributed by atoms with van der Waals surface area (Å²) >= 11 is 0. The van der Waals surface area contributed by atoms with Crippen LogP contribution in [-0.2, 0) is 20.7 Å². The summed E-state index contributed by atoms with van der Waals surface area (Å²) < 4.78 is 10.4. The molecule has 0 bridgehead atoms. The van der Waals surface area contributed by atoms with Crippen molar-refractivity contribution in [1.82, 2.24) is 20.5 Å². The second-order valence-electron chi connectivity index (χ2n) is 8.49. The molecule has 172 valence electrons. The number of carbonyl (C=O) groups excluding carboxylic acids is 2. The van der Waals surface area contributed by atoms with Crippen LogP contribution in [0.1, 0.15) is 43.4 Å². The number of methoxy groups -OCH3 is 1. The van der Waals surface area contributed by atoms with Gasteiger partial charge in [0.1, 0.15) is 6.10 Å². The van der Waals surface area contributed by atoms with Crippen molar-refractivity contribution in [2.24, 2.45) is 0 Å². The first-order chi connectivity index (χ1) is 15.6. The van der Waals surface area contributed by atoms with Gasteiger partial charge in [0.15, 0.2) is 0 Å². The van der Waals surface area contributed by atoms with Crippen molar-refractivity contribution in [2.45, 2.75) is 50.8 Å². The van der Waals surface area contributed by atoms with Gasteiger partial charge in [-0.3, -0.25) is 9.78 Å². The first-order valence-corrected chi connectivity index (χ1v) is 11.4. The van der Waals surface area contributed by atoms with Crippen molar-refractivity contribution >= 4 is 22.9 Å². The zero-order chi connectivity index (χ0) is 22.5. The van der Waals surface area contributed by atoms with E-state index in [1.165, 1.54) is 12.7 Å². The lowest BCUT2D eigenvalue weighted by atomic mass is 9.96. The minimum atomic E-state index is -0.422. The van der Waals surface area contributed by atoms with Crippen LogP contribution in [0, 0.1) is 0 Å². The molecule has 1 aromatic heterocycles. The van der Waals surface area contributed by atoms with E-state index >= 15 is 0 Å². The average Bonchev–Trinajstić information content (AvgIpc) is 3.67. The molecule has 2 aromatic rings. The Hall–Kier alpha value is -2.71. The van der Waals surface area contributed by atoms with Crippen LogP contribution in [0.2, 0.25) is 0 Å². The van der Waals surface area contributed by atoms with Gasteiger partial charge < -0.3 is 25.0 Å². The molecule has 2 heterocycles. The highest BCUT2D eigenvalue weighted by Gasteiger charge is 2.40. The van der Waals surface area contributed by atoms with E-state index in [4.69, 9.17) is 4.74 Å². The summed E-state index contributed by atoms with van der Waals surface area (Å²) in [4.78, 5) is 31.3. The van der Waals surface area contributed by atoms with Crippen LogP contribution in [-0.4, -0.2) is 67.4 Å². The molecule has 1 aliphatic heterocycles. The van der Waals surface area contributed by atoms with Crippen LogP contribution in [0.3, 0.4) is 0 Å². The molecule has 2 amide bonds. The van der Waals surface area contributed by atoms with Crippen LogP contribution >= 0.6 is 0 Å². The quantitative estimate of drug-likeness (QED) is 0.613. The molecule has 8 heteroatoms. The number of ether oxygens (including phenoxy) is 2. The zero-order valence-electron chi connectivity index (χ0n) is 18.8. The van der Waals surface area contributed by atoms with Crippen molar-refractivity contribution in [3.63, 3.8) is 0 Å². The fraction of sp³-hybridized carbons (Fsp3) is 0.542. The number of aryl methyl sites for hydroxylation is 1. The number of nitrogens with one attached hydrogen (secondary N) is 2. The fourth-order valence-corrected chi connectivity index (χ4v) is 4.36. The summed E-state index contributed by atoms with van der Waals surface area (Å²) in [5.74, 6) is 0.0668. The SMILES string of the molecule is COC(=O)NCCCc1cc([C@@H](C)N(C(=O)[C@H]2CNCCO2)C2CC2)cc2ncccc12. The lowest BCUT2D eigenvalue weighted by Gasteiger charge is -2.34. The van der Waals surface area contributed by atoms with Crippen molar-refractivity contribution in [2.75, 3.05) is 33.4 Å². The van der Waals surface area contributed by atoms with Gasteiger partial charge in [-0.25, -0.2) is 4.79 Å². The average molecular weight is 441 g/mol. The third kappa shape index (κ3) is 5.19. The van der Waals surface area contributed by atoms with E-state index in [0.29, 0.717) is 19.7 Å². The van der Waals surface area contributed by atoms with E-state index in [0.717, 1.165) is 48.7 Å². The van der Waals surface area contributed by atoms with Gasteiger partial charge in [0.05, 0.1) is 25.3 Å². The van der Waals surface area contributed by atoms with Crippen molar-refractivity contribution < 1.29 is 19.1 Å².